The van der Waals surface area contributed by atoms with E-state index < -0.39 is 42.1 Å². The first-order valence-corrected chi connectivity index (χ1v) is 6.84. The van der Waals surface area contributed by atoms with Crippen molar-refractivity contribution in [1.29, 1.82) is 0 Å². The van der Waals surface area contributed by atoms with E-state index in [-0.39, 0.29) is 0 Å². The highest BCUT2D eigenvalue weighted by molar-refractivity contribution is 8.14. The molecule has 2 aliphatic rings. The quantitative estimate of drug-likeness (QED) is 0.643. The van der Waals surface area contributed by atoms with Crippen molar-refractivity contribution in [3.05, 3.63) is 0 Å². The number of ether oxygens (including phenoxy) is 1. The van der Waals surface area contributed by atoms with Crippen LogP contribution in [0.5, 0.6) is 0 Å². The molecule has 10 heteroatoms. The number of aliphatic hydroxyl groups is 2. The number of halogens is 4. The van der Waals surface area contributed by atoms with E-state index in [0.717, 1.165) is 11.8 Å². The molecule has 0 spiro atoms. The fraction of sp³-hybridized carbons (Fsp3) is 0.900. The van der Waals surface area contributed by atoms with Gasteiger partial charge in [0, 0.05) is 6.54 Å². The van der Waals surface area contributed by atoms with Crippen molar-refractivity contribution in [3.8, 4) is 0 Å². The summed E-state index contributed by atoms with van der Waals surface area (Å²) < 4.78 is 56.4. The van der Waals surface area contributed by atoms with Crippen molar-refractivity contribution in [1.82, 2.24) is 5.32 Å². The summed E-state index contributed by atoms with van der Waals surface area (Å²) in [7, 11) is 0. The molecule has 0 radical (unpaired) electrons. The number of thioether (sulfide) groups is 1. The third-order valence-electron chi connectivity index (χ3n) is 3.03. The van der Waals surface area contributed by atoms with Gasteiger partial charge in [0.1, 0.15) is 23.7 Å². The number of fused-ring (bicyclic) bond motifs is 1. The van der Waals surface area contributed by atoms with Crippen LogP contribution >= 0.6 is 11.8 Å². The lowest BCUT2D eigenvalue weighted by atomic mass is 9.96. The predicted molar refractivity (Wildman–Crippen MR) is 64.1 cm³/mol. The molecule has 116 valence electrons. The van der Waals surface area contributed by atoms with E-state index >= 15 is 0 Å². The van der Waals surface area contributed by atoms with Crippen LogP contribution in [0.15, 0.2) is 4.99 Å². The van der Waals surface area contributed by atoms with Gasteiger partial charge in [-0.15, -0.1) is 0 Å². The second kappa shape index (κ2) is 5.66. The van der Waals surface area contributed by atoms with Gasteiger partial charge in [-0.05, 0) is 6.92 Å². The van der Waals surface area contributed by atoms with E-state index in [1.54, 1.807) is 6.92 Å². The number of rotatable bonds is 2. The summed E-state index contributed by atoms with van der Waals surface area (Å²) in [6, 6.07) is -1.08. The molecule has 2 heterocycles. The van der Waals surface area contributed by atoms with E-state index in [1.165, 1.54) is 0 Å². The first-order chi connectivity index (χ1) is 9.25. The van der Waals surface area contributed by atoms with Gasteiger partial charge in [0.2, 0.25) is 0 Å². The van der Waals surface area contributed by atoms with Crippen LogP contribution in [0.1, 0.15) is 6.92 Å². The highest BCUT2D eigenvalue weighted by Gasteiger charge is 2.56. The van der Waals surface area contributed by atoms with E-state index in [9.17, 15) is 22.7 Å². The lowest BCUT2D eigenvalue weighted by Gasteiger charge is -2.39. The Kier molecular flexibility index (Phi) is 4.47. The molecule has 0 unspecified atom stereocenters. The number of hydrogen-bond acceptors (Lipinski definition) is 6. The number of alkyl halides is 4. The molecule has 1 fully saturated rings. The minimum atomic E-state index is -4.99. The lowest BCUT2D eigenvalue weighted by Crippen LogP contribution is -2.59. The van der Waals surface area contributed by atoms with Gasteiger partial charge in [-0.1, -0.05) is 11.8 Å². The molecular formula is C10H14F4N2O3S. The fourth-order valence-corrected chi connectivity index (χ4v) is 3.21. The van der Waals surface area contributed by atoms with Crippen LogP contribution in [0.3, 0.4) is 0 Å². The molecule has 1 saturated heterocycles. The van der Waals surface area contributed by atoms with Crippen LogP contribution in [-0.2, 0) is 4.74 Å². The van der Waals surface area contributed by atoms with E-state index in [1.807, 2.05) is 0 Å². The third kappa shape index (κ3) is 2.87. The van der Waals surface area contributed by atoms with E-state index in [4.69, 9.17) is 9.84 Å². The van der Waals surface area contributed by atoms with Crippen molar-refractivity contribution in [2.24, 2.45) is 4.99 Å². The van der Waals surface area contributed by atoms with Crippen molar-refractivity contribution < 1.29 is 32.5 Å². The summed E-state index contributed by atoms with van der Waals surface area (Å²) in [6.07, 6.45) is -14.1. The smallest absolute Gasteiger partial charge is 0.387 e. The van der Waals surface area contributed by atoms with Gasteiger partial charge in [0.25, 0.3) is 0 Å². The minimum absolute atomic E-state index is 0.347. The molecular weight excluding hydrogens is 304 g/mol. The molecule has 0 aliphatic carbocycles. The van der Waals surface area contributed by atoms with Crippen molar-refractivity contribution >= 4 is 16.9 Å². The topological polar surface area (TPSA) is 74.1 Å². The monoisotopic (exact) mass is 318 g/mol. The van der Waals surface area contributed by atoms with E-state index in [2.05, 4.69) is 10.3 Å². The van der Waals surface area contributed by atoms with Crippen LogP contribution in [-0.4, -0.2) is 64.1 Å². The standard InChI is InChI=1S/C10H14F4N2O3S/c1-2-15-9-16-4-3(11)5(17)6(19-8(4)20-9)7(18)10(12,13)14/h3-8,17-18H,2H2,1H3,(H,15,16)/t3-,4-,5+,6-,7+,8-/m1/s1. The summed E-state index contributed by atoms with van der Waals surface area (Å²) in [5.41, 5.74) is -0.996. The Hall–Kier alpha value is -0.580. The molecule has 6 atom stereocenters. The molecule has 0 bridgehead atoms. The van der Waals surface area contributed by atoms with Gasteiger partial charge < -0.3 is 20.3 Å². The Bertz CT molecular complexity index is 395. The SMILES string of the molecule is CCNC1=N[C@@H]2[C@@H](F)[C@H](O)[C@H]([C@H](O)C(F)(F)F)O[C@@H]2S1. The van der Waals surface area contributed by atoms with Crippen LogP contribution in [0, 0.1) is 0 Å². The largest absolute Gasteiger partial charge is 0.417 e. The number of nitrogens with zero attached hydrogens (tertiary/aromatic N) is 1. The number of aliphatic imine (C=N–C) groups is 1. The van der Waals surface area contributed by atoms with Crippen LogP contribution in [0.4, 0.5) is 17.6 Å². The molecule has 3 N–H and O–H groups in total. The Morgan fingerprint density at radius 2 is 2.15 bits per heavy atom. The maximum Gasteiger partial charge on any atom is 0.417 e. The molecule has 0 aromatic heterocycles. The lowest BCUT2D eigenvalue weighted by molar-refractivity contribution is -0.267. The van der Waals surface area contributed by atoms with Gasteiger partial charge in [-0.2, -0.15) is 13.2 Å². The summed E-state index contributed by atoms with van der Waals surface area (Å²) in [5, 5.41) is 21.9. The first kappa shape index (κ1) is 15.8. The van der Waals surface area contributed by atoms with Crippen molar-refractivity contribution in [2.45, 2.75) is 49.1 Å². The molecule has 0 aromatic carbocycles. The molecule has 0 amide bonds. The molecule has 2 aliphatic heterocycles. The summed E-state index contributed by atoms with van der Waals surface area (Å²) in [4.78, 5) is 3.93. The zero-order valence-corrected chi connectivity index (χ0v) is 11.2. The van der Waals surface area contributed by atoms with Crippen LogP contribution < -0.4 is 5.32 Å². The first-order valence-electron chi connectivity index (χ1n) is 5.96. The third-order valence-corrected chi connectivity index (χ3v) is 4.12. The van der Waals surface area contributed by atoms with Crippen molar-refractivity contribution in [2.75, 3.05) is 6.54 Å². The Labute approximate surface area is 116 Å². The Morgan fingerprint density at radius 1 is 1.50 bits per heavy atom. The highest BCUT2D eigenvalue weighted by Crippen LogP contribution is 2.40. The van der Waals surface area contributed by atoms with Gasteiger partial charge >= 0.3 is 6.18 Å². The van der Waals surface area contributed by atoms with Crippen LogP contribution in [0.25, 0.3) is 0 Å². The highest BCUT2D eigenvalue weighted by atomic mass is 32.2. The molecule has 0 saturated carbocycles. The number of amidine groups is 1. The van der Waals surface area contributed by atoms with E-state index in [0.29, 0.717) is 11.7 Å². The molecule has 5 nitrogen and oxygen atoms in total. The second-order valence-corrected chi connectivity index (χ2v) is 5.55. The van der Waals surface area contributed by atoms with Gasteiger partial charge in [-0.3, -0.25) is 4.99 Å². The van der Waals surface area contributed by atoms with Crippen molar-refractivity contribution in [3.63, 3.8) is 0 Å². The maximum atomic E-state index is 14.0. The summed E-state index contributed by atoms with van der Waals surface area (Å²) in [6.45, 7) is 2.29. The predicted octanol–water partition coefficient (Wildman–Crippen LogP) is 0.414. The summed E-state index contributed by atoms with van der Waals surface area (Å²) in [5.74, 6) is 0. The number of nitrogens with one attached hydrogen (secondary N) is 1. The maximum absolute atomic E-state index is 14.0. The fourth-order valence-electron chi connectivity index (χ4n) is 2.04. The molecule has 20 heavy (non-hydrogen) atoms. The van der Waals surface area contributed by atoms with Crippen LogP contribution in [0.2, 0.25) is 0 Å². The average molecular weight is 318 g/mol. The van der Waals surface area contributed by atoms with Gasteiger partial charge in [0.05, 0.1) is 0 Å². The number of aliphatic hydroxyl groups excluding tert-OH is 2. The zero-order chi connectivity index (χ0) is 15.1. The normalized spacial score (nSPS) is 39.1. The Balaban J connectivity index is 2.13. The van der Waals surface area contributed by atoms with Gasteiger partial charge in [-0.25, -0.2) is 4.39 Å². The Morgan fingerprint density at radius 3 is 2.70 bits per heavy atom. The summed E-state index contributed by atoms with van der Waals surface area (Å²) >= 11 is 0.944. The average Bonchev–Trinajstić information content (AvgIpc) is 2.75. The van der Waals surface area contributed by atoms with Gasteiger partial charge in [0.15, 0.2) is 17.4 Å². The zero-order valence-electron chi connectivity index (χ0n) is 10.3. The number of hydrogen-bond donors (Lipinski definition) is 3. The molecule has 0 aromatic rings. The molecule has 2 rings (SSSR count). The second-order valence-electron chi connectivity index (χ2n) is 4.46. The minimum Gasteiger partial charge on any atom is -0.387 e.